The number of hydrogen-bond donors (Lipinski definition) is 1. The van der Waals surface area contributed by atoms with Crippen LogP contribution in [0.15, 0.2) is 30.5 Å². The minimum absolute atomic E-state index is 0.164. The van der Waals surface area contributed by atoms with E-state index in [1.54, 1.807) is 18.3 Å². The minimum Gasteiger partial charge on any atom is -0.322 e. The Balaban J connectivity index is 1.82. The van der Waals surface area contributed by atoms with Crippen molar-refractivity contribution < 1.29 is 9.18 Å². The average Bonchev–Trinajstić information content (AvgIpc) is 3.20. The summed E-state index contributed by atoms with van der Waals surface area (Å²) in [4.78, 5) is 17.8. The van der Waals surface area contributed by atoms with Crippen LogP contribution in [0, 0.1) is 5.82 Å². The van der Waals surface area contributed by atoms with Crippen LogP contribution < -0.4 is 5.32 Å². The van der Waals surface area contributed by atoms with Gasteiger partial charge >= 0.3 is 0 Å². The maximum atomic E-state index is 13.1. The van der Waals surface area contributed by atoms with Gasteiger partial charge in [-0.3, -0.25) is 4.79 Å². The summed E-state index contributed by atoms with van der Waals surface area (Å²) in [5, 5.41) is 8.07. The number of nitrogens with one attached hydrogen (secondary N) is 1. The Morgan fingerprint density at radius 3 is 2.72 bits per heavy atom. The fraction of sp³-hybridized carbons (Fsp3) is 0.316. The largest absolute Gasteiger partial charge is 0.322 e. The molecule has 0 fully saturated rings. The Morgan fingerprint density at radius 2 is 2.00 bits per heavy atom. The van der Waals surface area contributed by atoms with Gasteiger partial charge in [0.05, 0.1) is 17.1 Å². The zero-order valence-corrected chi connectivity index (χ0v) is 14.2. The highest BCUT2D eigenvalue weighted by Crippen LogP contribution is 2.31. The van der Waals surface area contributed by atoms with Gasteiger partial charge in [0.25, 0.3) is 5.91 Å². The van der Waals surface area contributed by atoms with Crippen LogP contribution in [0.4, 0.5) is 10.1 Å². The van der Waals surface area contributed by atoms with Crippen LogP contribution in [0.5, 0.6) is 0 Å². The third kappa shape index (κ3) is 2.67. The number of halogens is 1. The van der Waals surface area contributed by atoms with Crippen molar-refractivity contribution in [3.05, 3.63) is 53.1 Å². The zero-order valence-electron chi connectivity index (χ0n) is 14.2. The number of hydrogen-bond acceptors (Lipinski definition) is 3. The van der Waals surface area contributed by atoms with E-state index in [4.69, 9.17) is 4.98 Å². The average molecular weight is 338 g/mol. The summed E-state index contributed by atoms with van der Waals surface area (Å²) in [5.41, 5.74) is 3.96. The Labute approximate surface area is 144 Å². The number of amides is 1. The third-order valence-corrected chi connectivity index (χ3v) is 4.59. The van der Waals surface area contributed by atoms with Crippen LogP contribution in [0.3, 0.4) is 0 Å². The molecule has 4 rings (SSSR count). The summed E-state index contributed by atoms with van der Waals surface area (Å²) >= 11 is 0. The van der Waals surface area contributed by atoms with Crippen LogP contribution in [0.25, 0.3) is 11.0 Å². The van der Waals surface area contributed by atoms with Crippen molar-refractivity contribution >= 4 is 22.6 Å². The molecule has 128 valence electrons. The van der Waals surface area contributed by atoms with Crippen LogP contribution in [0.1, 0.15) is 47.9 Å². The van der Waals surface area contributed by atoms with Crippen molar-refractivity contribution in [2.45, 2.75) is 39.2 Å². The molecule has 3 aromatic rings. The number of nitrogens with zero attached hydrogens (tertiary/aromatic N) is 3. The summed E-state index contributed by atoms with van der Waals surface area (Å²) in [6.45, 7) is 4.08. The quantitative estimate of drug-likeness (QED) is 0.788. The van der Waals surface area contributed by atoms with E-state index < -0.39 is 0 Å². The number of anilines is 1. The van der Waals surface area contributed by atoms with Crippen LogP contribution in [-0.2, 0) is 12.8 Å². The van der Waals surface area contributed by atoms with E-state index in [1.165, 1.54) is 12.1 Å². The molecule has 1 aromatic carbocycles. The maximum Gasteiger partial charge on any atom is 0.256 e. The van der Waals surface area contributed by atoms with Gasteiger partial charge in [0.1, 0.15) is 5.82 Å². The first-order chi connectivity index (χ1) is 12.0. The molecule has 0 unspecified atom stereocenters. The summed E-state index contributed by atoms with van der Waals surface area (Å²) in [7, 11) is 0. The number of pyridine rings is 1. The van der Waals surface area contributed by atoms with Crippen LogP contribution >= 0.6 is 0 Å². The standard InChI is InChI=1S/C19H19FN4O/c1-11(2)24-18-15(10-21-24)17(14-4-3-5-16(14)23-18)19(25)22-13-8-6-12(20)7-9-13/h6-11H,3-5H2,1-2H3,(H,22,25). The molecule has 1 aliphatic rings. The number of aromatic nitrogens is 3. The number of benzene rings is 1. The lowest BCUT2D eigenvalue weighted by atomic mass is 10.0. The van der Waals surface area contributed by atoms with Crippen molar-refractivity contribution in [3.63, 3.8) is 0 Å². The molecule has 2 heterocycles. The van der Waals surface area contributed by atoms with Gasteiger partial charge in [0.15, 0.2) is 5.65 Å². The minimum atomic E-state index is -0.330. The first-order valence-corrected chi connectivity index (χ1v) is 8.50. The molecule has 2 aromatic heterocycles. The Kier molecular flexibility index (Phi) is 3.75. The number of carbonyl (C=O) groups is 1. The fourth-order valence-electron chi connectivity index (χ4n) is 3.42. The molecule has 5 nitrogen and oxygen atoms in total. The molecule has 0 radical (unpaired) electrons. The number of rotatable bonds is 3. The summed E-state index contributed by atoms with van der Waals surface area (Å²) in [6, 6.07) is 5.95. The van der Waals surface area contributed by atoms with Crippen molar-refractivity contribution in [1.82, 2.24) is 14.8 Å². The molecule has 1 aliphatic carbocycles. The smallest absolute Gasteiger partial charge is 0.256 e. The topological polar surface area (TPSA) is 59.8 Å². The van der Waals surface area contributed by atoms with Crippen molar-refractivity contribution in [3.8, 4) is 0 Å². The van der Waals surface area contributed by atoms with Gasteiger partial charge in [0, 0.05) is 17.4 Å². The Morgan fingerprint density at radius 1 is 1.24 bits per heavy atom. The van der Waals surface area contributed by atoms with E-state index >= 15 is 0 Å². The van der Waals surface area contributed by atoms with Gasteiger partial charge in [-0.15, -0.1) is 0 Å². The molecule has 0 aliphatic heterocycles. The van der Waals surface area contributed by atoms with Crippen molar-refractivity contribution in [2.24, 2.45) is 0 Å². The number of carbonyl (C=O) groups excluding carboxylic acids is 1. The van der Waals surface area contributed by atoms with Gasteiger partial charge in [0.2, 0.25) is 0 Å². The van der Waals surface area contributed by atoms with E-state index in [0.717, 1.165) is 41.6 Å². The molecule has 1 N–H and O–H groups in total. The number of aryl methyl sites for hydroxylation is 1. The normalized spacial score (nSPS) is 13.4. The molecule has 0 saturated heterocycles. The van der Waals surface area contributed by atoms with E-state index in [-0.39, 0.29) is 17.8 Å². The van der Waals surface area contributed by atoms with Crippen molar-refractivity contribution in [1.29, 1.82) is 0 Å². The molecule has 0 saturated carbocycles. The monoisotopic (exact) mass is 338 g/mol. The highest BCUT2D eigenvalue weighted by Gasteiger charge is 2.26. The molecule has 0 atom stereocenters. The lowest BCUT2D eigenvalue weighted by Gasteiger charge is -2.12. The molecule has 0 spiro atoms. The molecule has 0 bridgehead atoms. The Bertz CT molecular complexity index is 960. The second-order valence-corrected chi connectivity index (χ2v) is 6.65. The predicted octanol–water partition coefficient (Wildman–Crippen LogP) is 3.89. The zero-order chi connectivity index (χ0) is 17.6. The van der Waals surface area contributed by atoms with E-state index in [2.05, 4.69) is 10.4 Å². The Hall–Kier alpha value is -2.76. The second kappa shape index (κ2) is 5.95. The first-order valence-electron chi connectivity index (χ1n) is 8.50. The highest BCUT2D eigenvalue weighted by molar-refractivity contribution is 6.13. The first kappa shape index (κ1) is 15.7. The summed E-state index contributed by atoms with van der Waals surface area (Å²) in [6.07, 6.45) is 4.45. The van der Waals surface area contributed by atoms with Gasteiger partial charge < -0.3 is 5.32 Å². The lowest BCUT2D eigenvalue weighted by molar-refractivity contribution is 0.102. The van der Waals surface area contributed by atoms with E-state index in [1.807, 2.05) is 18.5 Å². The highest BCUT2D eigenvalue weighted by atomic mass is 19.1. The molecule has 6 heteroatoms. The van der Waals surface area contributed by atoms with Gasteiger partial charge in [-0.25, -0.2) is 14.1 Å². The SMILES string of the molecule is CC(C)n1ncc2c(C(=O)Nc3ccc(F)cc3)c3c(nc21)CCC3. The maximum absolute atomic E-state index is 13.1. The van der Waals surface area contributed by atoms with Crippen LogP contribution in [-0.4, -0.2) is 20.7 Å². The second-order valence-electron chi connectivity index (χ2n) is 6.65. The lowest BCUT2D eigenvalue weighted by Crippen LogP contribution is -2.16. The molecule has 25 heavy (non-hydrogen) atoms. The number of fused-ring (bicyclic) bond motifs is 2. The van der Waals surface area contributed by atoms with Gasteiger partial charge in [-0.2, -0.15) is 5.10 Å². The van der Waals surface area contributed by atoms with Gasteiger partial charge in [-0.05, 0) is 62.9 Å². The van der Waals surface area contributed by atoms with Crippen molar-refractivity contribution in [2.75, 3.05) is 5.32 Å². The summed E-state index contributed by atoms with van der Waals surface area (Å²) in [5.74, 6) is -0.524. The van der Waals surface area contributed by atoms with E-state index in [0.29, 0.717) is 11.3 Å². The van der Waals surface area contributed by atoms with Gasteiger partial charge in [-0.1, -0.05) is 0 Å². The molecular weight excluding hydrogens is 319 g/mol. The summed E-state index contributed by atoms with van der Waals surface area (Å²) < 4.78 is 14.9. The predicted molar refractivity (Wildman–Crippen MR) is 94.3 cm³/mol. The van der Waals surface area contributed by atoms with Crippen LogP contribution in [0.2, 0.25) is 0 Å². The molecule has 1 amide bonds. The third-order valence-electron chi connectivity index (χ3n) is 4.59. The van der Waals surface area contributed by atoms with E-state index in [9.17, 15) is 9.18 Å². The fourth-order valence-corrected chi connectivity index (χ4v) is 3.42. The molecular formula is C19H19FN4O.